The van der Waals surface area contributed by atoms with Crippen molar-refractivity contribution in [3.8, 4) is 5.75 Å². The van der Waals surface area contributed by atoms with Crippen LogP contribution in [-0.2, 0) is 16.4 Å². The van der Waals surface area contributed by atoms with Gasteiger partial charge in [0, 0.05) is 56.7 Å². The van der Waals surface area contributed by atoms with Crippen LogP contribution >= 0.6 is 0 Å². The first-order chi connectivity index (χ1) is 21.2. The maximum absolute atomic E-state index is 12.5. The molecule has 0 spiro atoms. The van der Waals surface area contributed by atoms with Crippen LogP contribution in [0.3, 0.4) is 0 Å². The van der Waals surface area contributed by atoms with Crippen LogP contribution in [-0.4, -0.2) is 82.5 Å². The first-order valence-corrected chi connectivity index (χ1v) is 16.9. The molecule has 6 rings (SSSR count). The molecule has 0 unspecified atom stereocenters. The maximum Gasteiger partial charge on any atom is 0.232 e. The Morgan fingerprint density at radius 1 is 1.05 bits per heavy atom. The third kappa shape index (κ3) is 6.12. The van der Waals surface area contributed by atoms with Gasteiger partial charge in [0.2, 0.25) is 16.0 Å². The van der Waals surface area contributed by atoms with Crippen molar-refractivity contribution >= 4 is 55.6 Å². The number of aryl methyl sites for hydroxylation is 1. The molecule has 4 heterocycles. The number of aromatic nitrogens is 3. The number of rotatable bonds is 11. The summed E-state index contributed by atoms with van der Waals surface area (Å²) in [7, 11) is 0.223. The Kier molecular flexibility index (Phi) is 8.52. The number of piperidine rings is 1. The van der Waals surface area contributed by atoms with Crippen LogP contribution in [0.5, 0.6) is 5.75 Å². The Labute approximate surface area is 258 Å². The first-order valence-electron chi connectivity index (χ1n) is 15.1. The molecule has 2 aliphatic heterocycles. The summed E-state index contributed by atoms with van der Waals surface area (Å²) in [6, 6.07) is 12.4. The van der Waals surface area contributed by atoms with Crippen LogP contribution in [0.4, 0.5) is 34.5 Å². The minimum absolute atomic E-state index is 0.383. The van der Waals surface area contributed by atoms with Crippen molar-refractivity contribution in [1.82, 2.24) is 25.6 Å². The maximum atomic E-state index is 12.5. The third-order valence-electron chi connectivity index (χ3n) is 8.43. The van der Waals surface area contributed by atoms with E-state index in [-0.39, 0.29) is 0 Å². The van der Waals surface area contributed by atoms with E-state index in [2.05, 4.69) is 50.2 Å². The molecule has 0 aliphatic carbocycles. The first kappa shape index (κ1) is 30.0. The van der Waals surface area contributed by atoms with Crippen LogP contribution in [0, 0.1) is 6.92 Å². The molecule has 4 aromatic rings. The van der Waals surface area contributed by atoms with Gasteiger partial charge in [-0.25, -0.2) is 8.42 Å². The Morgan fingerprint density at radius 3 is 2.61 bits per heavy atom. The number of anilines is 6. The minimum atomic E-state index is -3.42. The van der Waals surface area contributed by atoms with Gasteiger partial charge in [-0.1, -0.05) is 12.1 Å². The summed E-state index contributed by atoms with van der Waals surface area (Å²) in [4.78, 5) is 15.2. The molecule has 12 nitrogen and oxygen atoms in total. The fourth-order valence-electron chi connectivity index (χ4n) is 6.20. The minimum Gasteiger partial charge on any atom is -0.494 e. The Hall–Kier alpha value is -4.07. The van der Waals surface area contributed by atoms with E-state index < -0.39 is 10.0 Å². The van der Waals surface area contributed by atoms with Gasteiger partial charge >= 0.3 is 0 Å². The highest BCUT2D eigenvalue weighted by molar-refractivity contribution is 7.92. The Bertz CT molecular complexity index is 1750. The van der Waals surface area contributed by atoms with Gasteiger partial charge in [0.1, 0.15) is 17.2 Å². The zero-order valence-electron chi connectivity index (χ0n) is 25.7. The van der Waals surface area contributed by atoms with Crippen molar-refractivity contribution in [2.45, 2.75) is 32.2 Å². The number of fused-ring (bicyclic) bond motifs is 2. The van der Waals surface area contributed by atoms with E-state index in [0.29, 0.717) is 53.5 Å². The van der Waals surface area contributed by atoms with E-state index in [1.54, 1.807) is 7.11 Å². The number of hydrogen-bond donors (Lipinski definition) is 5. The van der Waals surface area contributed by atoms with Gasteiger partial charge < -0.3 is 35.9 Å². The standard InChI is InChI=1S/C31H41N9O3S/c1-20-18-25(27(43-3)19-26(20)39-15-10-22(11-16-39)33-14-13-32-2)36-31-37-29-23(8-12-34-29)30(38-31)35-24-7-5-6-21-9-17-40(28(21)24)44(4,41)42/h5-8,12,18-19,22,32-33H,9-11,13-17H2,1-4H3,(H3,34,35,36,37,38). The highest BCUT2D eigenvalue weighted by atomic mass is 32.2. The molecule has 0 radical (unpaired) electrons. The van der Waals surface area contributed by atoms with Crippen molar-refractivity contribution in [2.24, 2.45) is 0 Å². The van der Waals surface area contributed by atoms with Gasteiger partial charge in [0.15, 0.2) is 0 Å². The molecule has 1 saturated heterocycles. The number of hydrogen-bond acceptors (Lipinski definition) is 10. The summed E-state index contributed by atoms with van der Waals surface area (Å²) in [6.07, 6.45) is 5.90. The van der Waals surface area contributed by atoms with Gasteiger partial charge in [-0.3, -0.25) is 4.31 Å². The van der Waals surface area contributed by atoms with Gasteiger partial charge in [0.05, 0.1) is 35.8 Å². The Balaban J connectivity index is 1.25. The predicted molar refractivity (Wildman–Crippen MR) is 178 cm³/mol. The van der Waals surface area contributed by atoms with Crippen molar-refractivity contribution in [3.05, 3.63) is 53.7 Å². The topological polar surface area (TPSA) is 140 Å². The molecule has 234 valence electrons. The second kappa shape index (κ2) is 12.5. The lowest BCUT2D eigenvalue weighted by Crippen LogP contribution is -2.44. The summed E-state index contributed by atoms with van der Waals surface area (Å²) < 4.78 is 32.4. The largest absolute Gasteiger partial charge is 0.494 e. The van der Waals surface area contributed by atoms with Crippen LogP contribution < -0.4 is 35.2 Å². The average molecular weight is 620 g/mol. The molecule has 5 N–H and O–H groups in total. The van der Waals surface area contributed by atoms with Crippen molar-refractivity contribution in [3.63, 3.8) is 0 Å². The number of benzene rings is 2. The molecule has 2 aliphatic rings. The summed E-state index contributed by atoms with van der Waals surface area (Å²) in [5.74, 6) is 1.65. The number of nitrogens with one attached hydrogen (secondary N) is 5. The summed E-state index contributed by atoms with van der Waals surface area (Å²) in [5, 5.41) is 14.4. The SMILES string of the molecule is CNCCNC1CCN(c2cc(OC)c(Nc3nc(Nc4cccc5c4N(S(C)(=O)=O)CC5)c4cc[nH]c4n3)cc2C)CC1. The second-order valence-corrected chi connectivity index (χ2v) is 13.3. The van der Waals surface area contributed by atoms with E-state index in [9.17, 15) is 8.42 Å². The molecular formula is C31H41N9O3S. The smallest absolute Gasteiger partial charge is 0.232 e. The third-order valence-corrected chi connectivity index (χ3v) is 9.60. The molecule has 44 heavy (non-hydrogen) atoms. The fraction of sp³-hybridized carbons (Fsp3) is 0.419. The number of H-pyrrole nitrogens is 1. The zero-order valence-corrected chi connectivity index (χ0v) is 26.5. The van der Waals surface area contributed by atoms with Crippen molar-refractivity contribution in [2.75, 3.05) is 73.0 Å². The van der Waals surface area contributed by atoms with Crippen LogP contribution in [0.1, 0.15) is 24.0 Å². The highest BCUT2D eigenvalue weighted by Gasteiger charge is 2.29. The van der Waals surface area contributed by atoms with E-state index in [1.165, 1.54) is 10.6 Å². The van der Waals surface area contributed by atoms with Crippen molar-refractivity contribution < 1.29 is 13.2 Å². The molecule has 2 aromatic carbocycles. The average Bonchev–Trinajstić information content (AvgIpc) is 3.66. The number of methoxy groups -OCH3 is 1. The molecule has 2 aromatic heterocycles. The lowest BCUT2D eigenvalue weighted by Gasteiger charge is -2.35. The van der Waals surface area contributed by atoms with Crippen LogP contribution in [0.25, 0.3) is 11.0 Å². The number of sulfonamides is 1. The van der Waals surface area contributed by atoms with Crippen molar-refractivity contribution in [1.29, 1.82) is 0 Å². The lowest BCUT2D eigenvalue weighted by atomic mass is 10.0. The van der Waals surface area contributed by atoms with Crippen LogP contribution in [0.15, 0.2) is 42.6 Å². The summed E-state index contributed by atoms with van der Waals surface area (Å²) >= 11 is 0. The van der Waals surface area contributed by atoms with Gasteiger partial charge in [-0.15, -0.1) is 0 Å². The highest BCUT2D eigenvalue weighted by Crippen LogP contribution is 2.40. The van der Waals surface area contributed by atoms with Gasteiger partial charge in [-0.05, 0) is 62.6 Å². The van der Waals surface area contributed by atoms with Crippen LogP contribution in [0.2, 0.25) is 0 Å². The molecule has 0 bridgehead atoms. The normalized spacial score (nSPS) is 15.5. The molecule has 0 amide bonds. The quantitative estimate of drug-likeness (QED) is 0.157. The fourth-order valence-corrected chi connectivity index (χ4v) is 7.17. The van der Waals surface area contributed by atoms with Gasteiger partial charge in [-0.2, -0.15) is 9.97 Å². The number of nitrogens with zero attached hydrogens (tertiary/aromatic N) is 4. The second-order valence-electron chi connectivity index (χ2n) is 11.4. The predicted octanol–water partition coefficient (Wildman–Crippen LogP) is 3.86. The number of ether oxygens (including phenoxy) is 1. The monoisotopic (exact) mass is 619 g/mol. The molecular weight excluding hydrogens is 578 g/mol. The summed E-state index contributed by atoms with van der Waals surface area (Å²) in [6.45, 7) is 6.45. The summed E-state index contributed by atoms with van der Waals surface area (Å²) in [5.41, 5.74) is 6.03. The molecule has 0 atom stereocenters. The number of aromatic amines is 1. The molecule has 0 saturated carbocycles. The number of para-hydroxylation sites is 1. The zero-order chi connectivity index (χ0) is 30.8. The lowest BCUT2D eigenvalue weighted by molar-refractivity contribution is 0.410. The number of likely N-dealkylation sites (N-methyl/N-ethyl adjacent to an activating group) is 1. The van der Waals surface area contributed by atoms with E-state index >= 15 is 0 Å². The van der Waals surface area contributed by atoms with E-state index in [0.717, 1.165) is 66.9 Å². The molecule has 1 fully saturated rings. The van der Waals surface area contributed by atoms with E-state index in [1.807, 2.05) is 37.5 Å². The van der Waals surface area contributed by atoms with E-state index in [4.69, 9.17) is 14.7 Å². The molecule has 13 heteroatoms. The Morgan fingerprint density at radius 2 is 1.86 bits per heavy atom. The van der Waals surface area contributed by atoms with Gasteiger partial charge in [0.25, 0.3) is 0 Å².